The number of nitrogens with zero attached hydrogens (tertiary/aromatic N) is 4. The molecule has 0 aliphatic heterocycles. The van der Waals surface area contributed by atoms with Crippen LogP contribution in [0.5, 0.6) is 0 Å². The molecule has 0 spiro atoms. The highest BCUT2D eigenvalue weighted by atomic mass is 79.9. The first-order chi connectivity index (χ1) is 16.1. The summed E-state index contributed by atoms with van der Waals surface area (Å²) >= 11 is 9.14. The van der Waals surface area contributed by atoms with E-state index in [2.05, 4.69) is 41.3 Å². The predicted octanol–water partition coefficient (Wildman–Crippen LogP) is 4.40. The van der Waals surface area contributed by atoms with Gasteiger partial charge >= 0.3 is 0 Å². The Bertz CT molecular complexity index is 1450. The molecular weight excluding hydrogens is 548 g/mol. The van der Waals surface area contributed by atoms with Crippen LogP contribution in [0.4, 0.5) is 11.5 Å². The molecule has 3 aromatic heterocycles. The number of carbonyl (C=O) groups excluding carboxylic acids is 1. The number of rotatable bonds is 7. The largest absolute Gasteiger partial charge is 0.454 e. The van der Waals surface area contributed by atoms with E-state index in [1.54, 1.807) is 16.8 Å². The molecule has 176 valence electrons. The standard InChI is InChI=1S/C21H18BrClN6O4S/c1-12-20(22)13(2)29(27-12)11-15-5-8-17(33-15)21(30)24-14-3-6-16(7-4-14)34(31,32)28-19-10-9-18(23)25-26-19/h3-10H,11H2,1-2H3,(H,24,30)(H,26,28). The van der Waals surface area contributed by atoms with E-state index in [1.807, 2.05) is 13.8 Å². The zero-order chi connectivity index (χ0) is 24.5. The summed E-state index contributed by atoms with van der Waals surface area (Å²) in [5.41, 5.74) is 2.21. The normalized spacial score (nSPS) is 11.4. The number of benzene rings is 1. The van der Waals surface area contributed by atoms with Gasteiger partial charge in [-0.25, -0.2) is 8.42 Å². The molecule has 10 nitrogen and oxygen atoms in total. The van der Waals surface area contributed by atoms with Crippen LogP contribution in [0.3, 0.4) is 0 Å². The summed E-state index contributed by atoms with van der Waals surface area (Å²) in [5.74, 6) is 0.255. The minimum Gasteiger partial charge on any atom is -0.454 e. The van der Waals surface area contributed by atoms with Crippen molar-refractivity contribution in [3.63, 3.8) is 0 Å². The number of sulfonamides is 1. The average molecular weight is 566 g/mol. The quantitative estimate of drug-likeness (QED) is 0.339. The maximum Gasteiger partial charge on any atom is 0.291 e. The van der Waals surface area contributed by atoms with Crippen LogP contribution in [0.1, 0.15) is 27.7 Å². The van der Waals surface area contributed by atoms with Gasteiger partial charge in [0.15, 0.2) is 16.7 Å². The van der Waals surface area contributed by atoms with Crippen LogP contribution in [0.2, 0.25) is 5.15 Å². The molecule has 3 heterocycles. The first-order valence-electron chi connectivity index (χ1n) is 9.84. The highest BCUT2D eigenvalue weighted by molar-refractivity contribution is 9.10. The number of halogens is 2. The number of aromatic nitrogens is 4. The van der Waals surface area contributed by atoms with Gasteiger partial charge < -0.3 is 9.73 Å². The van der Waals surface area contributed by atoms with Crippen LogP contribution in [0.15, 0.2) is 62.3 Å². The lowest BCUT2D eigenvalue weighted by Gasteiger charge is -2.08. The number of hydrogen-bond acceptors (Lipinski definition) is 7. The Labute approximate surface area is 208 Å². The second-order valence-corrected chi connectivity index (χ2v) is 10.1. The molecule has 13 heteroatoms. The van der Waals surface area contributed by atoms with Crippen molar-refractivity contribution in [2.45, 2.75) is 25.3 Å². The van der Waals surface area contributed by atoms with Crippen molar-refractivity contribution < 1.29 is 17.6 Å². The van der Waals surface area contributed by atoms with E-state index in [4.69, 9.17) is 16.0 Å². The van der Waals surface area contributed by atoms with E-state index in [0.717, 1.165) is 15.9 Å². The smallest absolute Gasteiger partial charge is 0.291 e. The van der Waals surface area contributed by atoms with E-state index in [0.29, 0.717) is 18.0 Å². The van der Waals surface area contributed by atoms with Gasteiger partial charge in [0.2, 0.25) is 0 Å². The van der Waals surface area contributed by atoms with E-state index >= 15 is 0 Å². The van der Waals surface area contributed by atoms with Gasteiger partial charge in [0.05, 0.1) is 27.3 Å². The highest BCUT2D eigenvalue weighted by Crippen LogP contribution is 2.22. The van der Waals surface area contributed by atoms with Crippen LogP contribution in [-0.2, 0) is 16.6 Å². The zero-order valence-electron chi connectivity index (χ0n) is 17.9. The van der Waals surface area contributed by atoms with Crippen LogP contribution in [-0.4, -0.2) is 34.3 Å². The number of furan rings is 1. The molecule has 0 atom stereocenters. The van der Waals surface area contributed by atoms with E-state index in [9.17, 15) is 13.2 Å². The minimum atomic E-state index is -3.89. The molecule has 0 unspecified atom stereocenters. The van der Waals surface area contributed by atoms with Crippen molar-refractivity contribution in [3.05, 3.63) is 81.1 Å². The number of hydrogen-bond donors (Lipinski definition) is 2. The maximum absolute atomic E-state index is 12.6. The first kappa shape index (κ1) is 23.9. The van der Waals surface area contributed by atoms with Crippen molar-refractivity contribution >= 4 is 55.0 Å². The molecule has 0 bridgehead atoms. The van der Waals surface area contributed by atoms with Gasteiger partial charge in [0.25, 0.3) is 15.9 Å². The molecule has 1 amide bonds. The SMILES string of the molecule is Cc1nn(Cc2ccc(C(=O)Nc3ccc(S(=O)(=O)Nc4ccc(Cl)nn4)cc3)o2)c(C)c1Br. The lowest BCUT2D eigenvalue weighted by atomic mass is 10.3. The van der Waals surface area contributed by atoms with Crippen molar-refractivity contribution in [2.24, 2.45) is 0 Å². The van der Waals surface area contributed by atoms with Crippen LogP contribution in [0, 0.1) is 13.8 Å². The number of amides is 1. The molecule has 4 aromatic rings. The number of carbonyl (C=O) groups is 1. The summed E-state index contributed by atoms with van der Waals surface area (Å²) in [6.07, 6.45) is 0. The van der Waals surface area contributed by atoms with Gasteiger partial charge in [-0.15, -0.1) is 10.2 Å². The number of anilines is 2. The first-order valence-corrected chi connectivity index (χ1v) is 12.5. The number of nitrogens with one attached hydrogen (secondary N) is 2. The molecule has 0 saturated heterocycles. The minimum absolute atomic E-state index is 0.0152. The molecule has 4 rings (SSSR count). The second kappa shape index (κ2) is 9.57. The van der Waals surface area contributed by atoms with Gasteiger partial charge in [0, 0.05) is 5.69 Å². The predicted molar refractivity (Wildman–Crippen MR) is 129 cm³/mol. The fourth-order valence-electron chi connectivity index (χ4n) is 3.04. The van der Waals surface area contributed by atoms with Gasteiger partial charge in [-0.1, -0.05) is 11.6 Å². The lowest BCUT2D eigenvalue weighted by Crippen LogP contribution is -2.15. The Morgan fingerprint density at radius 1 is 1.09 bits per heavy atom. The maximum atomic E-state index is 12.6. The van der Waals surface area contributed by atoms with Gasteiger partial charge in [-0.3, -0.25) is 14.2 Å². The van der Waals surface area contributed by atoms with Crippen molar-refractivity contribution in [1.82, 2.24) is 20.0 Å². The molecule has 0 aliphatic carbocycles. The Morgan fingerprint density at radius 2 is 1.82 bits per heavy atom. The van der Waals surface area contributed by atoms with Crippen molar-refractivity contribution in [2.75, 3.05) is 10.0 Å². The zero-order valence-corrected chi connectivity index (χ0v) is 21.1. The molecule has 1 aromatic carbocycles. The third-order valence-corrected chi connectivity index (χ3v) is 7.50. The van der Waals surface area contributed by atoms with Gasteiger partial charge in [0.1, 0.15) is 5.76 Å². The van der Waals surface area contributed by atoms with Crippen molar-refractivity contribution in [3.8, 4) is 0 Å². The Hall–Kier alpha value is -3.22. The topological polar surface area (TPSA) is 132 Å². The molecule has 0 saturated carbocycles. The molecule has 2 N–H and O–H groups in total. The van der Waals surface area contributed by atoms with Crippen LogP contribution < -0.4 is 10.0 Å². The monoisotopic (exact) mass is 564 g/mol. The van der Waals surface area contributed by atoms with Crippen LogP contribution in [0.25, 0.3) is 0 Å². The Kier molecular flexibility index (Phi) is 6.73. The van der Waals surface area contributed by atoms with E-state index in [-0.39, 0.29) is 21.6 Å². The summed E-state index contributed by atoms with van der Waals surface area (Å²) < 4.78 is 35.7. The van der Waals surface area contributed by atoms with Gasteiger partial charge in [-0.05, 0) is 78.3 Å². The fraction of sp³-hybridized carbons (Fsp3) is 0.143. The van der Waals surface area contributed by atoms with Crippen molar-refractivity contribution in [1.29, 1.82) is 0 Å². The number of aryl methyl sites for hydroxylation is 1. The second-order valence-electron chi connectivity index (χ2n) is 7.23. The third kappa shape index (κ3) is 5.29. The van der Waals surface area contributed by atoms with Crippen LogP contribution >= 0.6 is 27.5 Å². The van der Waals surface area contributed by atoms with Gasteiger partial charge in [-0.2, -0.15) is 5.10 Å². The lowest BCUT2D eigenvalue weighted by molar-refractivity contribution is 0.0994. The van der Waals surface area contributed by atoms with E-state index < -0.39 is 15.9 Å². The molecule has 0 fully saturated rings. The Morgan fingerprint density at radius 3 is 2.44 bits per heavy atom. The molecule has 0 radical (unpaired) electrons. The third-order valence-electron chi connectivity index (χ3n) is 4.78. The highest BCUT2D eigenvalue weighted by Gasteiger charge is 2.17. The summed E-state index contributed by atoms with van der Waals surface area (Å²) in [6, 6.07) is 11.7. The molecular formula is C21H18BrClN6O4S. The van der Waals surface area contributed by atoms with E-state index in [1.165, 1.54) is 36.4 Å². The summed E-state index contributed by atoms with van der Waals surface area (Å²) in [4.78, 5) is 12.5. The fourth-order valence-corrected chi connectivity index (χ4v) is 4.42. The average Bonchev–Trinajstić information content (AvgIpc) is 3.36. The molecule has 34 heavy (non-hydrogen) atoms. The molecule has 0 aliphatic rings. The summed E-state index contributed by atoms with van der Waals surface area (Å²) in [5, 5.41) is 14.5. The summed E-state index contributed by atoms with van der Waals surface area (Å²) in [7, 11) is -3.89. The Balaban J connectivity index is 1.41. The summed E-state index contributed by atoms with van der Waals surface area (Å²) in [6.45, 7) is 4.21.